The van der Waals surface area contributed by atoms with Gasteiger partial charge in [-0.2, -0.15) is 0 Å². The number of aliphatic hydroxyl groups is 1. The zero-order valence-electron chi connectivity index (χ0n) is 16.6. The zero-order chi connectivity index (χ0) is 20.6. The maximum Gasteiger partial charge on any atom is 0.412 e. The molecule has 7 heteroatoms. The van der Waals surface area contributed by atoms with Crippen molar-refractivity contribution in [2.24, 2.45) is 0 Å². The van der Waals surface area contributed by atoms with Gasteiger partial charge in [-0.3, -0.25) is 5.32 Å². The molecule has 0 saturated heterocycles. The van der Waals surface area contributed by atoms with E-state index in [1.165, 1.54) is 0 Å². The summed E-state index contributed by atoms with van der Waals surface area (Å²) in [6.07, 6.45) is -1.43. The van der Waals surface area contributed by atoms with Crippen LogP contribution in [0.5, 0.6) is 17.2 Å². The lowest BCUT2D eigenvalue weighted by Gasteiger charge is -2.20. The van der Waals surface area contributed by atoms with E-state index in [9.17, 15) is 9.90 Å². The molecule has 28 heavy (non-hydrogen) atoms. The number of anilines is 1. The Bertz CT molecular complexity index is 754. The minimum absolute atomic E-state index is 0.00314. The Morgan fingerprint density at radius 3 is 2.25 bits per heavy atom. The minimum Gasteiger partial charge on any atom is -0.497 e. The summed E-state index contributed by atoms with van der Waals surface area (Å²) in [6, 6.07) is 14.0. The molecular formula is C21H27NO6. The van der Waals surface area contributed by atoms with E-state index in [0.717, 1.165) is 5.75 Å². The van der Waals surface area contributed by atoms with Crippen LogP contribution in [0.1, 0.15) is 20.8 Å². The highest BCUT2D eigenvalue weighted by atomic mass is 16.6. The largest absolute Gasteiger partial charge is 0.497 e. The van der Waals surface area contributed by atoms with Crippen molar-refractivity contribution >= 4 is 11.8 Å². The maximum absolute atomic E-state index is 12.0. The zero-order valence-corrected chi connectivity index (χ0v) is 16.6. The van der Waals surface area contributed by atoms with Gasteiger partial charge < -0.3 is 24.1 Å². The predicted molar refractivity (Wildman–Crippen MR) is 106 cm³/mol. The maximum atomic E-state index is 12.0. The van der Waals surface area contributed by atoms with E-state index in [4.69, 9.17) is 18.9 Å². The summed E-state index contributed by atoms with van der Waals surface area (Å²) in [7, 11) is 1.59. The van der Waals surface area contributed by atoms with E-state index < -0.39 is 17.8 Å². The lowest BCUT2D eigenvalue weighted by atomic mass is 10.2. The highest BCUT2D eigenvalue weighted by Gasteiger charge is 2.17. The van der Waals surface area contributed by atoms with Crippen LogP contribution >= 0.6 is 0 Å². The minimum atomic E-state index is -0.850. The second-order valence-corrected chi connectivity index (χ2v) is 7.07. The fraction of sp³-hybridized carbons (Fsp3) is 0.381. The van der Waals surface area contributed by atoms with E-state index in [1.807, 2.05) is 0 Å². The summed E-state index contributed by atoms with van der Waals surface area (Å²) >= 11 is 0. The number of carbonyl (C=O) groups excluding carboxylic acids is 1. The van der Waals surface area contributed by atoms with E-state index in [0.29, 0.717) is 17.2 Å². The summed E-state index contributed by atoms with van der Waals surface area (Å²) in [4.78, 5) is 12.0. The molecule has 2 N–H and O–H groups in total. The van der Waals surface area contributed by atoms with Gasteiger partial charge in [-0.1, -0.05) is 12.1 Å². The monoisotopic (exact) mass is 389 g/mol. The fourth-order valence-electron chi connectivity index (χ4n) is 2.21. The molecule has 0 radical (unpaired) electrons. The van der Waals surface area contributed by atoms with Crippen LogP contribution in [0.4, 0.5) is 10.5 Å². The number of hydrogen-bond donors (Lipinski definition) is 2. The molecule has 0 aromatic heterocycles. The van der Waals surface area contributed by atoms with Crippen LogP contribution in [0.15, 0.2) is 48.5 Å². The molecule has 1 atom stereocenters. The van der Waals surface area contributed by atoms with E-state index in [-0.39, 0.29) is 13.2 Å². The lowest BCUT2D eigenvalue weighted by Crippen LogP contribution is -2.28. The van der Waals surface area contributed by atoms with Crippen LogP contribution in [-0.4, -0.2) is 43.2 Å². The third-order valence-corrected chi connectivity index (χ3v) is 3.46. The summed E-state index contributed by atoms with van der Waals surface area (Å²) < 4.78 is 21.5. The van der Waals surface area contributed by atoms with Gasteiger partial charge in [0.25, 0.3) is 0 Å². The van der Waals surface area contributed by atoms with Gasteiger partial charge in [0, 0.05) is 0 Å². The highest BCUT2D eigenvalue weighted by molar-refractivity contribution is 5.86. The SMILES string of the molecule is COc1ccc(OC[C@H](O)COc2ccccc2NC(=O)OC(C)(C)C)cc1. The van der Waals surface area contributed by atoms with Crippen molar-refractivity contribution in [2.45, 2.75) is 32.5 Å². The van der Waals surface area contributed by atoms with Gasteiger partial charge in [0.15, 0.2) is 0 Å². The number of nitrogens with one attached hydrogen (secondary N) is 1. The fourth-order valence-corrected chi connectivity index (χ4v) is 2.21. The standard InChI is InChI=1S/C21H27NO6/c1-21(2,3)28-20(24)22-18-7-5-6-8-19(18)27-14-15(23)13-26-17-11-9-16(25-4)10-12-17/h5-12,15,23H,13-14H2,1-4H3,(H,22,24)/t15-/m0/s1. The van der Waals surface area contributed by atoms with Gasteiger partial charge in [0.05, 0.1) is 12.8 Å². The number of benzene rings is 2. The molecule has 1 amide bonds. The number of ether oxygens (including phenoxy) is 4. The number of aliphatic hydroxyl groups excluding tert-OH is 1. The van der Waals surface area contributed by atoms with Crippen LogP contribution < -0.4 is 19.5 Å². The molecule has 7 nitrogen and oxygen atoms in total. The van der Waals surface area contributed by atoms with Crippen molar-refractivity contribution in [2.75, 3.05) is 25.6 Å². The topological polar surface area (TPSA) is 86.3 Å². The van der Waals surface area contributed by atoms with Crippen molar-refractivity contribution in [3.05, 3.63) is 48.5 Å². The van der Waals surface area contributed by atoms with Crippen LogP contribution in [0, 0.1) is 0 Å². The molecule has 0 spiro atoms. The number of carbonyl (C=O) groups is 1. The summed E-state index contributed by atoms with van der Waals surface area (Å²) in [5, 5.41) is 12.8. The van der Waals surface area contributed by atoms with Gasteiger partial charge in [-0.05, 0) is 57.2 Å². The second kappa shape index (κ2) is 9.85. The average Bonchev–Trinajstić information content (AvgIpc) is 2.64. The molecule has 2 aromatic carbocycles. The smallest absolute Gasteiger partial charge is 0.412 e. The predicted octanol–water partition coefficient (Wildman–Crippen LogP) is 3.86. The molecule has 0 aliphatic heterocycles. The van der Waals surface area contributed by atoms with Gasteiger partial charge in [0.1, 0.15) is 42.2 Å². The molecule has 2 rings (SSSR count). The quantitative estimate of drug-likeness (QED) is 0.713. The normalized spacial score (nSPS) is 12.0. The molecule has 0 fully saturated rings. The van der Waals surface area contributed by atoms with Crippen molar-refractivity contribution in [3.63, 3.8) is 0 Å². The average molecular weight is 389 g/mol. The first-order chi connectivity index (χ1) is 13.3. The van der Waals surface area contributed by atoms with Crippen LogP contribution in [0.2, 0.25) is 0 Å². The Balaban J connectivity index is 1.85. The molecule has 152 valence electrons. The molecule has 0 unspecified atom stereocenters. The van der Waals surface area contributed by atoms with Gasteiger partial charge in [0.2, 0.25) is 0 Å². The third kappa shape index (κ3) is 7.36. The van der Waals surface area contributed by atoms with Crippen LogP contribution in [0.3, 0.4) is 0 Å². The van der Waals surface area contributed by atoms with E-state index in [2.05, 4.69) is 5.32 Å². The molecule has 0 aliphatic rings. The summed E-state index contributed by atoms with van der Waals surface area (Å²) in [5.41, 5.74) is -0.144. The van der Waals surface area contributed by atoms with Gasteiger partial charge in [-0.25, -0.2) is 4.79 Å². The summed E-state index contributed by atoms with van der Waals surface area (Å²) in [5.74, 6) is 1.77. The van der Waals surface area contributed by atoms with Crippen molar-refractivity contribution in [1.82, 2.24) is 0 Å². The molecule has 2 aromatic rings. The Labute approximate surface area is 165 Å². The Hall–Kier alpha value is -2.93. The number of rotatable bonds is 8. The second-order valence-electron chi connectivity index (χ2n) is 7.07. The number of hydrogen-bond acceptors (Lipinski definition) is 6. The molecule has 0 heterocycles. The summed E-state index contributed by atoms with van der Waals surface area (Å²) in [6.45, 7) is 5.42. The molecule has 0 aliphatic carbocycles. The first kappa shape index (κ1) is 21.4. The highest BCUT2D eigenvalue weighted by Crippen LogP contribution is 2.25. The van der Waals surface area contributed by atoms with Gasteiger partial charge >= 0.3 is 6.09 Å². The number of para-hydroxylation sites is 2. The van der Waals surface area contributed by atoms with Crippen molar-refractivity contribution in [1.29, 1.82) is 0 Å². The molecule has 0 bridgehead atoms. The lowest BCUT2D eigenvalue weighted by molar-refractivity contribution is 0.0615. The number of methoxy groups -OCH3 is 1. The van der Waals surface area contributed by atoms with Crippen molar-refractivity contribution < 1.29 is 28.8 Å². The molecular weight excluding hydrogens is 362 g/mol. The number of amides is 1. The third-order valence-electron chi connectivity index (χ3n) is 3.46. The van der Waals surface area contributed by atoms with Gasteiger partial charge in [-0.15, -0.1) is 0 Å². The van der Waals surface area contributed by atoms with Crippen LogP contribution in [0.25, 0.3) is 0 Å². The van der Waals surface area contributed by atoms with Crippen LogP contribution in [-0.2, 0) is 4.74 Å². The first-order valence-electron chi connectivity index (χ1n) is 8.93. The van der Waals surface area contributed by atoms with Crippen molar-refractivity contribution in [3.8, 4) is 17.2 Å². The first-order valence-corrected chi connectivity index (χ1v) is 8.93. The molecule has 0 saturated carbocycles. The van der Waals surface area contributed by atoms with E-state index >= 15 is 0 Å². The Morgan fingerprint density at radius 2 is 1.61 bits per heavy atom. The Kier molecular flexibility index (Phi) is 7.52. The Morgan fingerprint density at radius 1 is 1.00 bits per heavy atom. The van der Waals surface area contributed by atoms with E-state index in [1.54, 1.807) is 76.4 Å².